The molecule has 26 heavy (non-hydrogen) atoms. The largest absolute Gasteiger partial charge is 0.481 e. The first-order valence-corrected chi connectivity index (χ1v) is 8.50. The van der Waals surface area contributed by atoms with Crippen LogP contribution in [0.25, 0.3) is 0 Å². The highest BCUT2D eigenvalue weighted by atomic mass is 16.6. The van der Waals surface area contributed by atoms with E-state index in [1.165, 1.54) is 31.2 Å². The highest BCUT2D eigenvalue weighted by molar-refractivity contribution is 5.83. The van der Waals surface area contributed by atoms with Crippen molar-refractivity contribution in [3.63, 3.8) is 0 Å². The van der Waals surface area contributed by atoms with E-state index in [0.717, 1.165) is 0 Å². The molecule has 5 atom stereocenters. The summed E-state index contributed by atoms with van der Waals surface area (Å²) in [6.07, 6.45) is 0.216. The third-order valence-corrected chi connectivity index (χ3v) is 6.17. The average molecular weight is 364 g/mol. The Morgan fingerprint density at radius 1 is 1.15 bits per heavy atom. The van der Waals surface area contributed by atoms with Gasteiger partial charge in [-0.05, 0) is 32.8 Å². The van der Waals surface area contributed by atoms with Crippen LogP contribution in [-0.4, -0.2) is 39.2 Å². The Balaban J connectivity index is 2.77. The van der Waals surface area contributed by atoms with Crippen molar-refractivity contribution in [1.29, 1.82) is 0 Å². The van der Waals surface area contributed by atoms with Crippen LogP contribution >= 0.6 is 0 Å². The van der Waals surface area contributed by atoms with Crippen molar-refractivity contribution < 1.29 is 24.7 Å². The number of carbonyl (C=O) groups is 2. The fraction of sp³-hybridized carbons (Fsp3) is 0.556. The zero-order valence-electron chi connectivity index (χ0n) is 15.2. The molecule has 3 N–H and O–H groups in total. The van der Waals surface area contributed by atoms with E-state index in [2.05, 4.69) is 5.32 Å². The number of benzene rings is 1. The van der Waals surface area contributed by atoms with Gasteiger partial charge in [0.15, 0.2) is 0 Å². The van der Waals surface area contributed by atoms with Gasteiger partial charge >= 0.3 is 11.9 Å². The number of hydrogen-bond acceptors (Lipinski definition) is 5. The second-order valence-electron chi connectivity index (χ2n) is 7.18. The van der Waals surface area contributed by atoms with Crippen molar-refractivity contribution in [2.75, 3.05) is 0 Å². The van der Waals surface area contributed by atoms with Crippen LogP contribution in [0.4, 0.5) is 5.69 Å². The first kappa shape index (κ1) is 19.8. The minimum atomic E-state index is -1.41. The average Bonchev–Trinajstić information content (AvgIpc) is 2.57. The Morgan fingerprint density at radius 2 is 1.69 bits per heavy atom. The van der Waals surface area contributed by atoms with E-state index in [4.69, 9.17) is 0 Å². The molecule has 0 bridgehead atoms. The quantitative estimate of drug-likeness (QED) is 0.541. The number of carboxylic acids is 2. The van der Waals surface area contributed by atoms with Crippen LogP contribution in [0.2, 0.25) is 0 Å². The van der Waals surface area contributed by atoms with Gasteiger partial charge in [-0.15, -0.1) is 0 Å². The van der Waals surface area contributed by atoms with Gasteiger partial charge in [-0.1, -0.05) is 19.1 Å². The van der Waals surface area contributed by atoms with Gasteiger partial charge < -0.3 is 15.5 Å². The molecule has 1 aliphatic heterocycles. The summed E-state index contributed by atoms with van der Waals surface area (Å²) >= 11 is 0. The fourth-order valence-electron chi connectivity index (χ4n) is 4.44. The number of nitro groups is 1. The minimum absolute atomic E-state index is 0.127. The van der Waals surface area contributed by atoms with Gasteiger partial charge in [0.2, 0.25) is 0 Å². The maximum Gasteiger partial charge on any atom is 0.311 e. The summed E-state index contributed by atoms with van der Waals surface area (Å²) in [5.74, 6) is -3.04. The number of aliphatic carboxylic acids is 2. The molecule has 0 aliphatic carbocycles. The van der Waals surface area contributed by atoms with Gasteiger partial charge in [0.1, 0.15) is 0 Å². The molecule has 5 unspecified atom stereocenters. The Bertz CT molecular complexity index is 734. The number of nitro benzene ring substituents is 1. The monoisotopic (exact) mass is 364 g/mol. The lowest BCUT2D eigenvalue weighted by Crippen LogP contribution is -2.68. The molecule has 1 saturated heterocycles. The van der Waals surface area contributed by atoms with Crippen LogP contribution < -0.4 is 5.32 Å². The van der Waals surface area contributed by atoms with E-state index in [1.807, 2.05) is 0 Å². The number of carboxylic acid groups (broad SMARTS) is 2. The molecule has 8 heteroatoms. The summed E-state index contributed by atoms with van der Waals surface area (Å²) in [6.45, 7) is 6.74. The zero-order chi connectivity index (χ0) is 19.9. The Morgan fingerprint density at radius 3 is 2.08 bits per heavy atom. The number of piperidine rings is 1. The minimum Gasteiger partial charge on any atom is -0.481 e. The molecule has 0 aromatic heterocycles. The lowest BCUT2D eigenvalue weighted by molar-refractivity contribution is -0.384. The number of rotatable bonds is 5. The first-order chi connectivity index (χ1) is 12.0. The van der Waals surface area contributed by atoms with Gasteiger partial charge in [0.25, 0.3) is 5.69 Å². The van der Waals surface area contributed by atoms with Crippen molar-refractivity contribution in [2.24, 2.45) is 10.8 Å². The SMILES string of the molecule is CCC1(C(=O)O)C(C)NC(C)C(C)(C(=O)O)C1c1ccc([N+](=O)[O-])cc1. The predicted octanol–water partition coefficient (Wildman–Crippen LogP) is 2.63. The van der Waals surface area contributed by atoms with E-state index >= 15 is 0 Å². The van der Waals surface area contributed by atoms with E-state index in [-0.39, 0.29) is 12.1 Å². The zero-order valence-corrected chi connectivity index (χ0v) is 15.2. The molecule has 8 nitrogen and oxygen atoms in total. The predicted molar refractivity (Wildman–Crippen MR) is 94.0 cm³/mol. The maximum atomic E-state index is 12.4. The summed E-state index contributed by atoms with van der Waals surface area (Å²) in [5, 5.41) is 34.2. The topological polar surface area (TPSA) is 130 Å². The van der Waals surface area contributed by atoms with Gasteiger partial charge in [-0.2, -0.15) is 0 Å². The van der Waals surface area contributed by atoms with Crippen molar-refractivity contribution >= 4 is 17.6 Å². The normalized spacial score (nSPS) is 34.2. The van der Waals surface area contributed by atoms with E-state index in [0.29, 0.717) is 5.56 Å². The molecule has 0 amide bonds. The molecule has 1 heterocycles. The molecule has 1 aliphatic rings. The maximum absolute atomic E-state index is 12.4. The molecule has 1 aromatic rings. The molecule has 1 aromatic carbocycles. The van der Waals surface area contributed by atoms with Crippen molar-refractivity contribution in [3.05, 3.63) is 39.9 Å². The standard InChI is InChI=1S/C18H24N2O6/c1-5-18(16(23)24)11(3)19-10(2)17(4,15(21)22)14(18)12-6-8-13(9-7-12)20(25)26/h6-11,14,19H,5H2,1-4H3,(H,21,22)(H,23,24). The van der Waals surface area contributed by atoms with Crippen LogP contribution in [0.1, 0.15) is 45.6 Å². The van der Waals surface area contributed by atoms with Crippen molar-refractivity contribution in [2.45, 2.75) is 52.1 Å². The molecule has 1 fully saturated rings. The molecule has 0 radical (unpaired) electrons. The summed E-state index contributed by atoms with van der Waals surface area (Å²) in [4.78, 5) is 35.0. The Hall–Kier alpha value is -2.48. The second kappa shape index (κ2) is 6.68. The molecule has 142 valence electrons. The summed E-state index contributed by atoms with van der Waals surface area (Å²) < 4.78 is 0. The van der Waals surface area contributed by atoms with E-state index < -0.39 is 45.7 Å². The van der Waals surface area contributed by atoms with Crippen LogP contribution in [0.3, 0.4) is 0 Å². The second-order valence-corrected chi connectivity index (χ2v) is 7.18. The van der Waals surface area contributed by atoms with Crippen molar-refractivity contribution in [1.82, 2.24) is 5.32 Å². The third kappa shape index (κ3) is 2.65. The number of hydrogen-bond donors (Lipinski definition) is 3. The Labute approximate surface area is 151 Å². The molecule has 0 spiro atoms. The van der Waals surface area contributed by atoms with Crippen LogP contribution in [0.15, 0.2) is 24.3 Å². The Kier molecular flexibility index (Phi) is 5.10. The van der Waals surface area contributed by atoms with Gasteiger partial charge in [-0.3, -0.25) is 19.7 Å². The van der Waals surface area contributed by atoms with Crippen molar-refractivity contribution in [3.8, 4) is 0 Å². The summed E-state index contributed by atoms with van der Waals surface area (Å²) in [6, 6.07) is 4.56. The molecular weight excluding hydrogens is 340 g/mol. The smallest absolute Gasteiger partial charge is 0.311 e. The molecule has 0 saturated carbocycles. The van der Waals surface area contributed by atoms with Gasteiger partial charge in [0, 0.05) is 30.1 Å². The number of nitrogens with zero attached hydrogens (tertiary/aromatic N) is 1. The van der Waals surface area contributed by atoms with Gasteiger partial charge in [0.05, 0.1) is 15.8 Å². The highest BCUT2D eigenvalue weighted by Gasteiger charge is 2.64. The van der Waals surface area contributed by atoms with Crippen LogP contribution in [0.5, 0.6) is 0 Å². The lowest BCUT2D eigenvalue weighted by Gasteiger charge is -2.56. The fourth-order valence-corrected chi connectivity index (χ4v) is 4.44. The third-order valence-electron chi connectivity index (χ3n) is 6.17. The highest BCUT2D eigenvalue weighted by Crippen LogP contribution is 2.56. The van der Waals surface area contributed by atoms with Crippen LogP contribution in [0, 0.1) is 20.9 Å². The number of nitrogens with one attached hydrogen (secondary N) is 1. The summed E-state index contributed by atoms with van der Waals surface area (Å²) in [5.41, 5.74) is -2.42. The van der Waals surface area contributed by atoms with Gasteiger partial charge in [-0.25, -0.2) is 0 Å². The molecule has 2 rings (SSSR count). The van der Waals surface area contributed by atoms with Crippen LogP contribution in [-0.2, 0) is 9.59 Å². The summed E-state index contributed by atoms with van der Waals surface area (Å²) in [7, 11) is 0. The van der Waals surface area contributed by atoms with E-state index in [1.54, 1.807) is 20.8 Å². The molecular formula is C18H24N2O6. The first-order valence-electron chi connectivity index (χ1n) is 8.50. The number of non-ortho nitro benzene ring substituents is 1. The lowest BCUT2D eigenvalue weighted by atomic mass is 9.51. The van der Waals surface area contributed by atoms with E-state index in [9.17, 15) is 29.9 Å².